The molecule has 220 valence electrons. The minimum atomic E-state index is -0.470. The Bertz CT molecular complexity index is 1010. The lowest BCUT2D eigenvalue weighted by atomic mass is 9.89. The molecule has 2 N–H and O–H groups in total. The minimum absolute atomic E-state index is 0.0517. The van der Waals surface area contributed by atoms with Gasteiger partial charge in [0, 0.05) is 24.8 Å². The molecule has 3 aliphatic rings. The largest absolute Gasteiger partial charge is 0.466 e. The van der Waals surface area contributed by atoms with Gasteiger partial charge >= 0.3 is 11.9 Å². The number of methoxy groups -OCH3 is 1. The van der Waals surface area contributed by atoms with Gasteiger partial charge in [-0.15, -0.1) is 0 Å². The van der Waals surface area contributed by atoms with Crippen LogP contribution in [0.5, 0.6) is 0 Å². The van der Waals surface area contributed by atoms with Crippen LogP contribution in [0.25, 0.3) is 0 Å². The van der Waals surface area contributed by atoms with E-state index in [1.165, 1.54) is 13.2 Å². The summed E-state index contributed by atoms with van der Waals surface area (Å²) in [5, 5.41) is 0. The summed E-state index contributed by atoms with van der Waals surface area (Å²) in [7, 11) is 1.36. The molecule has 40 heavy (non-hydrogen) atoms. The van der Waals surface area contributed by atoms with E-state index in [4.69, 9.17) is 24.7 Å². The predicted molar refractivity (Wildman–Crippen MR) is 153 cm³/mol. The number of hydrogen-bond acceptors (Lipinski definition) is 7. The first-order chi connectivity index (χ1) is 19.2. The number of carbonyl (C=O) groups excluding carboxylic acids is 3. The van der Waals surface area contributed by atoms with E-state index < -0.39 is 12.1 Å². The molecule has 0 spiro atoms. The first-order valence-corrected chi connectivity index (χ1v) is 14.5. The summed E-state index contributed by atoms with van der Waals surface area (Å²) in [6.07, 6.45) is 22.1. The summed E-state index contributed by atoms with van der Waals surface area (Å²) < 4.78 is 23.7. The van der Waals surface area contributed by atoms with Gasteiger partial charge in [0.2, 0.25) is 5.91 Å². The van der Waals surface area contributed by atoms with Gasteiger partial charge in [0.25, 0.3) is 0 Å². The zero-order chi connectivity index (χ0) is 28.9. The first-order valence-electron chi connectivity index (χ1n) is 14.5. The molecule has 3 heterocycles. The number of fused-ring (bicyclic) bond motifs is 4. The number of nitrogens with two attached hydrogens (primary N) is 1. The van der Waals surface area contributed by atoms with Crippen molar-refractivity contribution in [3.05, 3.63) is 60.3 Å². The number of rotatable bonds is 6. The fraction of sp³-hybridized carbons (Fsp3) is 0.594. The predicted octanol–water partition coefficient (Wildman–Crippen LogP) is 5.04. The highest BCUT2D eigenvalue weighted by Gasteiger charge is 2.33. The van der Waals surface area contributed by atoms with Crippen molar-refractivity contribution in [1.29, 1.82) is 0 Å². The van der Waals surface area contributed by atoms with Gasteiger partial charge in [0.1, 0.15) is 6.10 Å². The standard InChI is InChI=1S/C32H45NO7/c1-22-14-15-23(2)29(12-7-5-4-6-8-13-30(33)34)40-32(36)21-28-18-24(19-31(35)37-3)17-27(39-28)20-26-11-9-10-25(16-22)38-26/h4-8,12,14-15,19,22-23,25-29H,9-11,13,16-18,20-21H2,1-3H3,(H2,33,34)/b5-4-,8-6+,12-7+,15-14+,24-19-. The third-order valence-electron chi connectivity index (χ3n) is 7.50. The van der Waals surface area contributed by atoms with Crippen molar-refractivity contribution in [1.82, 2.24) is 0 Å². The van der Waals surface area contributed by atoms with Gasteiger partial charge in [-0.2, -0.15) is 0 Å². The summed E-state index contributed by atoms with van der Waals surface area (Å²) in [6, 6.07) is 0. The molecule has 2 fully saturated rings. The maximum absolute atomic E-state index is 13.1. The van der Waals surface area contributed by atoms with Gasteiger partial charge in [-0.1, -0.05) is 62.0 Å². The molecule has 3 rings (SSSR count). The van der Waals surface area contributed by atoms with Gasteiger partial charge in [-0.3, -0.25) is 9.59 Å². The quantitative estimate of drug-likeness (QED) is 0.211. The Morgan fingerprint density at radius 1 is 0.950 bits per heavy atom. The van der Waals surface area contributed by atoms with Crippen molar-refractivity contribution in [2.75, 3.05) is 7.11 Å². The molecule has 0 saturated carbocycles. The third-order valence-corrected chi connectivity index (χ3v) is 7.50. The third kappa shape index (κ3) is 11.3. The molecule has 8 heteroatoms. The van der Waals surface area contributed by atoms with Crippen molar-refractivity contribution >= 4 is 17.8 Å². The van der Waals surface area contributed by atoms with Gasteiger partial charge in [0.15, 0.2) is 0 Å². The van der Waals surface area contributed by atoms with E-state index >= 15 is 0 Å². The monoisotopic (exact) mass is 555 g/mol. The molecule has 0 aromatic heterocycles. The number of esters is 2. The van der Waals surface area contributed by atoms with E-state index in [1.54, 1.807) is 18.2 Å². The number of hydrogen-bond donors (Lipinski definition) is 1. The Balaban J connectivity index is 1.80. The van der Waals surface area contributed by atoms with Crippen LogP contribution in [-0.4, -0.2) is 55.5 Å². The van der Waals surface area contributed by atoms with E-state index in [0.717, 1.165) is 37.7 Å². The zero-order valence-electron chi connectivity index (χ0n) is 24.0. The van der Waals surface area contributed by atoms with Crippen molar-refractivity contribution in [3.8, 4) is 0 Å². The molecule has 7 unspecified atom stereocenters. The van der Waals surface area contributed by atoms with E-state index in [2.05, 4.69) is 19.1 Å². The second-order valence-corrected chi connectivity index (χ2v) is 11.1. The van der Waals surface area contributed by atoms with Crippen molar-refractivity contribution in [2.45, 2.75) is 102 Å². The number of ether oxygens (including phenoxy) is 4. The van der Waals surface area contributed by atoms with Gasteiger partial charge in [-0.05, 0) is 50.5 Å². The van der Waals surface area contributed by atoms with E-state index in [9.17, 15) is 14.4 Å². The second kappa shape index (κ2) is 16.3. The number of cyclic esters (lactones) is 1. The average molecular weight is 556 g/mol. The molecule has 0 radical (unpaired) electrons. The highest BCUT2D eigenvalue weighted by Crippen LogP contribution is 2.33. The van der Waals surface area contributed by atoms with Crippen LogP contribution in [0.1, 0.15) is 71.6 Å². The number of primary amides is 1. The normalized spacial score (nSPS) is 34.2. The fourth-order valence-electron chi connectivity index (χ4n) is 5.50. The highest BCUT2D eigenvalue weighted by molar-refractivity contribution is 5.82. The fourth-order valence-corrected chi connectivity index (χ4v) is 5.50. The molecular formula is C32H45NO7. The van der Waals surface area contributed by atoms with Crippen LogP contribution in [-0.2, 0) is 33.3 Å². The molecule has 2 saturated heterocycles. The summed E-state index contributed by atoms with van der Waals surface area (Å²) in [4.78, 5) is 36.0. The first kappa shape index (κ1) is 31.6. The Hall–Kier alpha value is -2.97. The maximum atomic E-state index is 13.1. The van der Waals surface area contributed by atoms with Gasteiger partial charge in [0.05, 0.1) is 37.9 Å². The lowest BCUT2D eigenvalue weighted by Gasteiger charge is -2.37. The summed E-state index contributed by atoms with van der Waals surface area (Å²) in [5.41, 5.74) is 6.07. The Morgan fingerprint density at radius 3 is 2.40 bits per heavy atom. The average Bonchev–Trinajstić information content (AvgIpc) is 2.89. The van der Waals surface area contributed by atoms with Crippen LogP contribution < -0.4 is 5.73 Å². The topological polar surface area (TPSA) is 114 Å². The molecule has 4 bridgehead atoms. The van der Waals surface area contributed by atoms with Crippen LogP contribution in [0.15, 0.2) is 60.3 Å². The van der Waals surface area contributed by atoms with E-state index in [-0.39, 0.29) is 55.1 Å². The summed E-state index contributed by atoms with van der Waals surface area (Å²) >= 11 is 0. The molecular weight excluding hydrogens is 510 g/mol. The molecule has 0 aromatic rings. The second-order valence-electron chi connectivity index (χ2n) is 11.1. The Labute approximate surface area is 238 Å². The van der Waals surface area contributed by atoms with Crippen molar-refractivity contribution < 1.29 is 33.3 Å². The van der Waals surface area contributed by atoms with E-state index in [0.29, 0.717) is 18.8 Å². The molecule has 7 atom stereocenters. The molecule has 8 nitrogen and oxygen atoms in total. The smallest absolute Gasteiger partial charge is 0.330 e. The van der Waals surface area contributed by atoms with Crippen molar-refractivity contribution in [3.63, 3.8) is 0 Å². The van der Waals surface area contributed by atoms with Crippen LogP contribution in [0.3, 0.4) is 0 Å². The summed E-state index contributed by atoms with van der Waals surface area (Å²) in [5.74, 6) is -0.865. The lowest BCUT2D eigenvalue weighted by Crippen LogP contribution is -2.37. The Morgan fingerprint density at radius 2 is 1.65 bits per heavy atom. The summed E-state index contributed by atoms with van der Waals surface area (Å²) in [6.45, 7) is 4.22. The molecule has 0 aliphatic carbocycles. The molecule has 1 amide bonds. The number of carbonyl (C=O) groups is 3. The number of amides is 1. The lowest BCUT2D eigenvalue weighted by molar-refractivity contribution is -0.154. The molecule has 0 aromatic carbocycles. The van der Waals surface area contributed by atoms with Crippen LogP contribution in [0.2, 0.25) is 0 Å². The SMILES string of the molecule is COC(=O)/C=C1\CC2CC(=O)OC(/C=C/C=C\C=C\CC(N)=O)C(C)/C=C/C(C)CC3CCCC(CC(C1)O2)O3. The zero-order valence-corrected chi connectivity index (χ0v) is 24.0. The van der Waals surface area contributed by atoms with Gasteiger partial charge < -0.3 is 24.7 Å². The minimum Gasteiger partial charge on any atom is -0.466 e. The van der Waals surface area contributed by atoms with Crippen molar-refractivity contribution in [2.24, 2.45) is 17.6 Å². The maximum Gasteiger partial charge on any atom is 0.330 e. The Kier molecular flexibility index (Phi) is 12.9. The number of allylic oxidation sites excluding steroid dienone is 5. The van der Waals surface area contributed by atoms with E-state index in [1.807, 2.05) is 25.2 Å². The highest BCUT2D eigenvalue weighted by atomic mass is 16.6. The van der Waals surface area contributed by atoms with Gasteiger partial charge in [-0.25, -0.2) is 4.79 Å². The molecule has 3 aliphatic heterocycles. The van der Waals surface area contributed by atoms with Crippen LogP contribution >= 0.6 is 0 Å². The van der Waals surface area contributed by atoms with Crippen LogP contribution in [0, 0.1) is 11.8 Å². The van der Waals surface area contributed by atoms with Crippen LogP contribution in [0.4, 0.5) is 0 Å².